The van der Waals surface area contributed by atoms with Crippen LogP contribution in [-0.2, 0) is 6.42 Å². The number of H-pyrrole nitrogens is 1. The quantitative estimate of drug-likeness (QED) is 0.777. The minimum absolute atomic E-state index is 0.00491. The lowest BCUT2D eigenvalue weighted by Gasteiger charge is -2.37. The van der Waals surface area contributed by atoms with Crippen molar-refractivity contribution in [2.45, 2.75) is 44.6 Å². The number of anilines is 1. The molecule has 0 aliphatic carbocycles. The van der Waals surface area contributed by atoms with Crippen LogP contribution in [0.4, 0.5) is 5.69 Å². The van der Waals surface area contributed by atoms with Gasteiger partial charge >= 0.3 is 0 Å². The van der Waals surface area contributed by atoms with Gasteiger partial charge in [-0.15, -0.1) is 0 Å². The Bertz CT molecular complexity index is 933. The molecule has 0 unspecified atom stereocenters. The van der Waals surface area contributed by atoms with Crippen molar-refractivity contribution in [3.05, 3.63) is 52.0 Å². The number of amides is 1. The van der Waals surface area contributed by atoms with Crippen LogP contribution in [0.15, 0.2) is 29.3 Å². The van der Waals surface area contributed by atoms with Crippen molar-refractivity contribution >= 4 is 11.6 Å². The first-order valence-corrected chi connectivity index (χ1v) is 10.8. The van der Waals surface area contributed by atoms with E-state index in [2.05, 4.69) is 30.1 Å². The number of pyridine rings is 1. The maximum Gasteiger partial charge on any atom is 0.269 e. The maximum absolute atomic E-state index is 12.1. The normalized spacial score (nSPS) is 20.5. The molecule has 2 aliphatic heterocycles. The number of aryl methyl sites for hydroxylation is 1. The summed E-state index contributed by atoms with van der Waals surface area (Å²) in [5.41, 5.74) is 2.26. The van der Waals surface area contributed by atoms with Crippen LogP contribution in [0.5, 0.6) is 0 Å². The summed E-state index contributed by atoms with van der Waals surface area (Å²) >= 11 is 0. The lowest BCUT2D eigenvalue weighted by Crippen LogP contribution is -2.44. The summed E-state index contributed by atoms with van der Waals surface area (Å²) in [6.07, 6.45) is 7.48. The molecular weight excluding hydrogens is 380 g/mol. The summed E-state index contributed by atoms with van der Waals surface area (Å²) in [6.45, 7) is 5.95. The Morgan fingerprint density at radius 2 is 1.97 bits per heavy atom. The lowest BCUT2D eigenvalue weighted by molar-refractivity contribution is 0.0958. The number of rotatable bonds is 5. The Balaban J connectivity index is 1.32. The van der Waals surface area contributed by atoms with Gasteiger partial charge in [-0.3, -0.25) is 14.5 Å². The van der Waals surface area contributed by atoms with Crippen LogP contribution < -0.4 is 15.8 Å². The highest BCUT2D eigenvalue weighted by molar-refractivity contribution is 5.92. The van der Waals surface area contributed by atoms with E-state index < -0.39 is 0 Å². The monoisotopic (exact) mass is 410 g/mol. The second-order valence-corrected chi connectivity index (χ2v) is 8.16. The molecule has 2 aromatic heterocycles. The van der Waals surface area contributed by atoms with E-state index in [4.69, 9.17) is 0 Å². The highest BCUT2D eigenvalue weighted by atomic mass is 16.1. The minimum Gasteiger partial charge on any atom is -0.370 e. The molecule has 8 nitrogen and oxygen atoms in total. The van der Waals surface area contributed by atoms with Gasteiger partial charge in [0.05, 0.1) is 11.9 Å². The lowest BCUT2D eigenvalue weighted by atomic mass is 10.0. The first kappa shape index (κ1) is 20.5. The predicted molar refractivity (Wildman–Crippen MR) is 116 cm³/mol. The fraction of sp³-hybridized carbons (Fsp3) is 0.545. The van der Waals surface area contributed by atoms with Crippen LogP contribution in [0.2, 0.25) is 0 Å². The number of aromatic nitrogens is 3. The highest BCUT2D eigenvalue weighted by Gasteiger charge is 2.32. The number of carbonyl (C=O) groups is 1. The molecule has 2 fully saturated rings. The third kappa shape index (κ3) is 4.23. The third-order valence-electron chi connectivity index (χ3n) is 6.43. The second kappa shape index (κ2) is 8.95. The summed E-state index contributed by atoms with van der Waals surface area (Å²) in [4.78, 5) is 40.5. The van der Waals surface area contributed by atoms with E-state index in [1.165, 1.54) is 0 Å². The number of hydrogen-bond acceptors (Lipinski definition) is 6. The van der Waals surface area contributed by atoms with Crippen molar-refractivity contribution < 1.29 is 4.79 Å². The Morgan fingerprint density at radius 3 is 2.60 bits per heavy atom. The van der Waals surface area contributed by atoms with Crippen LogP contribution in [0.25, 0.3) is 0 Å². The Hall–Kier alpha value is -2.74. The average Bonchev–Trinajstić information content (AvgIpc) is 3.29. The van der Waals surface area contributed by atoms with E-state index in [0.29, 0.717) is 24.1 Å². The molecule has 0 spiro atoms. The van der Waals surface area contributed by atoms with E-state index >= 15 is 0 Å². The zero-order valence-electron chi connectivity index (χ0n) is 17.7. The van der Waals surface area contributed by atoms with E-state index in [9.17, 15) is 9.59 Å². The minimum atomic E-state index is -0.163. The van der Waals surface area contributed by atoms with Crippen LogP contribution in [0.3, 0.4) is 0 Å². The molecule has 2 N–H and O–H groups in total. The SMILES string of the molecule is CCc1cnc([C@@H]2CCN(C3CCN(c4ccc(C(=O)NC)nc4)CC3)C2)[nH]c1=O. The van der Waals surface area contributed by atoms with Gasteiger partial charge in [-0.05, 0) is 44.4 Å². The molecule has 0 radical (unpaired) electrons. The fourth-order valence-corrected chi connectivity index (χ4v) is 4.56. The zero-order chi connectivity index (χ0) is 21.1. The largest absolute Gasteiger partial charge is 0.370 e. The van der Waals surface area contributed by atoms with E-state index in [1.54, 1.807) is 25.5 Å². The predicted octanol–water partition coefficient (Wildman–Crippen LogP) is 1.55. The summed E-state index contributed by atoms with van der Waals surface area (Å²) in [7, 11) is 1.61. The van der Waals surface area contributed by atoms with Crippen molar-refractivity contribution in [3.8, 4) is 0 Å². The molecule has 2 saturated heterocycles. The Morgan fingerprint density at radius 1 is 1.17 bits per heavy atom. The van der Waals surface area contributed by atoms with Crippen LogP contribution in [0.1, 0.15) is 54.0 Å². The first-order valence-electron chi connectivity index (χ1n) is 10.8. The number of nitrogens with zero attached hydrogens (tertiary/aromatic N) is 4. The summed E-state index contributed by atoms with van der Waals surface area (Å²) in [5.74, 6) is 0.978. The number of hydrogen-bond donors (Lipinski definition) is 2. The number of carbonyl (C=O) groups excluding carboxylic acids is 1. The van der Waals surface area contributed by atoms with Gasteiger partial charge < -0.3 is 15.2 Å². The van der Waals surface area contributed by atoms with Gasteiger partial charge in [0.25, 0.3) is 11.5 Å². The molecule has 8 heteroatoms. The Kier molecular flexibility index (Phi) is 6.13. The summed E-state index contributed by atoms with van der Waals surface area (Å²) in [5, 5.41) is 2.60. The summed E-state index contributed by atoms with van der Waals surface area (Å²) in [6, 6.07) is 4.32. The van der Waals surface area contributed by atoms with Gasteiger partial charge in [0.1, 0.15) is 11.5 Å². The number of nitrogens with one attached hydrogen (secondary N) is 2. The van der Waals surface area contributed by atoms with E-state index in [-0.39, 0.29) is 11.5 Å². The average molecular weight is 411 g/mol. The number of likely N-dealkylation sites (tertiary alicyclic amines) is 1. The number of aromatic amines is 1. The van der Waals surface area contributed by atoms with Crippen molar-refractivity contribution in [2.24, 2.45) is 0 Å². The molecule has 0 saturated carbocycles. The first-order chi connectivity index (χ1) is 14.6. The summed E-state index contributed by atoms with van der Waals surface area (Å²) < 4.78 is 0. The molecule has 4 rings (SSSR count). The molecular formula is C22H30N6O2. The standard InChI is InChI=1S/C22H30N6O2/c1-3-15-12-25-20(26-21(15)29)16-6-9-28(14-16)17-7-10-27(11-8-17)18-4-5-19(24-13-18)22(30)23-2/h4-5,12-13,16-17H,3,6-11,14H2,1-2H3,(H,23,30)(H,25,26,29)/t16-/m1/s1. The number of piperidine rings is 1. The zero-order valence-corrected chi connectivity index (χ0v) is 17.7. The maximum atomic E-state index is 12.1. The van der Waals surface area contributed by atoms with Gasteiger partial charge in [-0.25, -0.2) is 9.97 Å². The van der Waals surface area contributed by atoms with Gasteiger partial charge in [-0.1, -0.05) is 6.92 Å². The van der Waals surface area contributed by atoms with Crippen LogP contribution >= 0.6 is 0 Å². The third-order valence-corrected chi connectivity index (χ3v) is 6.43. The van der Waals surface area contributed by atoms with E-state index in [1.807, 2.05) is 13.0 Å². The molecule has 0 bridgehead atoms. The molecule has 160 valence electrons. The fourth-order valence-electron chi connectivity index (χ4n) is 4.56. The van der Waals surface area contributed by atoms with Crippen LogP contribution in [0, 0.1) is 0 Å². The van der Waals surface area contributed by atoms with Gasteiger partial charge in [0.2, 0.25) is 0 Å². The van der Waals surface area contributed by atoms with Gasteiger partial charge in [0, 0.05) is 50.4 Å². The molecule has 1 atom stereocenters. The van der Waals surface area contributed by atoms with Gasteiger partial charge in [-0.2, -0.15) is 0 Å². The van der Waals surface area contributed by atoms with Crippen molar-refractivity contribution in [3.63, 3.8) is 0 Å². The molecule has 4 heterocycles. The van der Waals surface area contributed by atoms with E-state index in [0.717, 1.165) is 62.5 Å². The van der Waals surface area contributed by atoms with Crippen LogP contribution in [-0.4, -0.2) is 65.0 Å². The van der Waals surface area contributed by atoms with Gasteiger partial charge in [0.15, 0.2) is 0 Å². The second-order valence-electron chi connectivity index (χ2n) is 8.16. The smallest absolute Gasteiger partial charge is 0.269 e. The molecule has 2 aromatic rings. The highest BCUT2D eigenvalue weighted by Crippen LogP contribution is 2.30. The molecule has 1 amide bonds. The molecule has 0 aromatic carbocycles. The topological polar surface area (TPSA) is 94.2 Å². The molecule has 30 heavy (non-hydrogen) atoms. The Labute approximate surface area is 176 Å². The molecule has 2 aliphatic rings. The van der Waals surface area contributed by atoms with Crippen molar-refractivity contribution in [1.29, 1.82) is 0 Å². The van der Waals surface area contributed by atoms with Crippen molar-refractivity contribution in [1.82, 2.24) is 25.2 Å². The van der Waals surface area contributed by atoms with Crippen molar-refractivity contribution in [2.75, 3.05) is 38.1 Å².